The molecule has 0 aliphatic rings. The molecule has 1 N–H and O–H groups in total. The normalized spacial score (nSPS) is 12.3. The summed E-state index contributed by atoms with van der Waals surface area (Å²) in [5, 5.41) is 6.46. The van der Waals surface area contributed by atoms with Gasteiger partial charge in [0.15, 0.2) is 0 Å². The monoisotopic (exact) mass is 293 g/mol. The van der Waals surface area contributed by atoms with Gasteiger partial charge < -0.3 is 14.6 Å². The molecule has 0 spiro atoms. The van der Waals surface area contributed by atoms with Crippen LogP contribution in [0.2, 0.25) is 0 Å². The molecule has 0 saturated heterocycles. The van der Waals surface area contributed by atoms with Crippen molar-refractivity contribution in [2.24, 2.45) is 0 Å². The van der Waals surface area contributed by atoms with Crippen LogP contribution >= 0.6 is 11.3 Å². The average molecular weight is 293 g/mol. The van der Waals surface area contributed by atoms with Crippen LogP contribution < -0.4 is 10.9 Å². The number of anilines is 1. The number of rotatable bonds is 6. The van der Waals surface area contributed by atoms with Gasteiger partial charge in [0.25, 0.3) is 5.56 Å². The van der Waals surface area contributed by atoms with Crippen LogP contribution in [0.5, 0.6) is 0 Å². The molecule has 1 atom stereocenters. The SMILES string of the molecule is COCCn1cc(NC(C)c2csc(C)n2)ccc1=O. The summed E-state index contributed by atoms with van der Waals surface area (Å²) in [7, 11) is 1.62. The zero-order valence-corrected chi connectivity index (χ0v) is 12.7. The minimum Gasteiger partial charge on any atom is -0.383 e. The maximum absolute atomic E-state index is 11.7. The number of methoxy groups -OCH3 is 1. The molecule has 0 saturated carbocycles. The van der Waals surface area contributed by atoms with Crippen LogP contribution in [0.1, 0.15) is 23.7 Å². The minimum atomic E-state index is -0.0234. The molecule has 0 aromatic carbocycles. The molecular formula is C14H19N3O2S. The molecule has 2 aromatic heterocycles. The summed E-state index contributed by atoms with van der Waals surface area (Å²) in [6.45, 7) is 5.12. The number of hydrogen-bond donors (Lipinski definition) is 1. The summed E-state index contributed by atoms with van der Waals surface area (Å²) in [5.41, 5.74) is 1.89. The van der Waals surface area contributed by atoms with Crippen molar-refractivity contribution in [2.75, 3.05) is 19.0 Å². The topological polar surface area (TPSA) is 56.1 Å². The van der Waals surface area contributed by atoms with E-state index < -0.39 is 0 Å². The molecule has 2 heterocycles. The van der Waals surface area contributed by atoms with Crippen LogP contribution in [-0.4, -0.2) is 23.3 Å². The van der Waals surface area contributed by atoms with Gasteiger partial charge in [-0.3, -0.25) is 4.79 Å². The molecule has 0 aliphatic carbocycles. The van der Waals surface area contributed by atoms with Crippen molar-refractivity contribution in [3.05, 3.63) is 44.8 Å². The zero-order valence-electron chi connectivity index (χ0n) is 11.9. The summed E-state index contributed by atoms with van der Waals surface area (Å²) in [4.78, 5) is 16.2. The van der Waals surface area contributed by atoms with Crippen LogP contribution in [-0.2, 0) is 11.3 Å². The molecule has 0 aliphatic heterocycles. The summed E-state index contributed by atoms with van der Waals surface area (Å²) in [6.07, 6.45) is 1.82. The Morgan fingerprint density at radius 2 is 2.30 bits per heavy atom. The van der Waals surface area contributed by atoms with Crippen molar-refractivity contribution in [2.45, 2.75) is 26.4 Å². The van der Waals surface area contributed by atoms with Gasteiger partial charge in [0.2, 0.25) is 0 Å². The van der Waals surface area contributed by atoms with Gasteiger partial charge >= 0.3 is 0 Å². The van der Waals surface area contributed by atoms with Crippen LogP contribution in [0, 0.1) is 6.92 Å². The first-order valence-electron chi connectivity index (χ1n) is 6.48. The van der Waals surface area contributed by atoms with Crippen molar-refractivity contribution in [3.8, 4) is 0 Å². The average Bonchev–Trinajstić information content (AvgIpc) is 2.86. The van der Waals surface area contributed by atoms with E-state index in [1.54, 1.807) is 35.1 Å². The maximum Gasteiger partial charge on any atom is 0.250 e. The Balaban J connectivity index is 2.11. The number of nitrogens with one attached hydrogen (secondary N) is 1. The molecule has 0 radical (unpaired) electrons. The Labute approximate surface area is 122 Å². The van der Waals surface area contributed by atoms with Crippen molar-refractivity contribution >= 4 is 17.0 Å². The lowest BCUT2D eigenvalue weighted by Crippen LogP contribution is -2.21. The summed E-state index contributed by atoms with van der Waals surface area (Å²) < 4.78 is 6.65. The minimum absolute atomic E-state index is 0.0234. The van der Waals surface area contributed by atoms with Crippen LogP contribution in [0.25, 0.3) is 0 Å². The molecule has 2 rings (SSSR count). The van der Waals surface area contributed by atoms with E-state index in [2.05, 4.69) is 17.2 Å². The fourth-order valence-corrected chi connectivity index (χ4v) is 2.59. The Hall–Kier alpha value is -1.66. The molecule has 2 aromatic rings. The van der Waals surface area contributed by atoms with Crippen molar-refractivity contribution in [1.82, 2.24) is 9.55 Å². The lowest BCUT2D eigenvalue weighted by Gasteiger charge is -2.14. The second-order valence-electron chi connectivity index (χ2n) is 4.60. The molecule has 5 nitrogen and oxygen atoms in total. The van der Waals surface area contributed by atoms with Crippen molar-refractivity contribution in [3.63, 3.8) is 0 Å². The van der Waals surface area contributed by atoms with Crippen molar-refractivity contribution in [1.29, 1.82) is 0 Å². The highest BCUT2D eigenvalue weighted by Gasteiger charge is 2.09. The van der Waals surface area contributed by atoms with Gasteiger partial charge in [-0.15, -0.1) is 11.3 Å². The summed E-state index contributed by atoms with van der Waals surface area (Å²) >= 11 is 1.64. The first-order valence-corrected chi connectivity index (χ1v) is 7.36. The lowest BCUT2D eigenvalue weighted by atomic mass is 10.2. The van der Waals surface area contributed by atoms with Gasteiger partial charge in [-0.25, -0.2) is 4.98 Å². The number of ether oxygens (including phenoxy) is 1. The molecule has 0 bridgehead atoms. The second-order valence-corrected chi connectivity index (χ2v) is 5.66. The number of thiazole rings is 1. The number of hydrogen-bond acceptors (Lipinski definition) is 5. The third-order valence-corrected chi connectivity index (χ3v) is 3.78. The molecular weight excluding hydrogens is 274 g/mol. The lowest BCUT2D eigenvalue weighted by molar-refractivity contribution is 0.186. The van der Waals surface area contributed by atoms with E-state index in [0.717, 1.165) is 16.4 Å². The largest absolute Gasteiger partial charge is 0.383 e. The summed E-state index contributed by atoms with van der Waals surface area (Å²) in [5.74, 6) is 0. The molecule has 1 unspecified atom stereocenters. The van der Waals surface area contributed by atoms with Crippen LogP contribution in [0.4, 0.5) is 5.69 Å². The third kappa shape index (κ3) is 3.68. The van der Waals surface area contributed by atoms with E-state index in [9.17, 15) is 4.79 Å². The summed E-state index contributed by atoms with van der Waals surface area (Å²) in [6, 6.07) is 3.46. The number of pyridine rings is 1. The van der Waals surface area contributed by atoms with Gasteiger partial charge in [0.05, 0.1) is 29.0 Å². The van der Waals surface area contributed by atoms with Crippen LogP contribution in [0.15, 0.2) is 28.5 Å². The van der Waals surface area contributed by atoms with E-state index in [1.165, 1.54) is 0 Å². The van der Waals surface area contributed by atoms with Gasteiger partial charge in [0, 0.05) is 31.3 Å². The van der Waals surface area contributed by atoms with Gasteiger partial charge in [0.1, 0.15) is 0 Å². The predicted molar refractivity (Wildman–Crippen MR) is 81.5 cm³/mol. The van der Waals surface area contributed by atoms with Crippen molar-refractivity contribution < 1.29 is 4.74 Å². The quantitative estimate of drug-likeness (QED) is 0.888. The van der Waals surface area contributed by atoms with Crippen LogP contribution in [0.3, 0.4) is 0 Å². The van der Waals surface area contributed by atoms with E-state index >= 15 is 0 Å². The Morgan fingerprint density at radius 3 is 2.95 bits per heavy atom. The molecule has 0 amide bonds. The predicted octanol–water partition coefficient (Wildman–Crippen LogP) is 2.43. The number of aromatic nitrogens is 2. The van der Waals surface area contributed by atoms with E-state index in [0.29, 0.717) is 13.2 Å². The Kier molecular flexibility index (Phi) is 4.92. The number of nitrogens with zero attached hydrogens (tertiary/aromatic N) is 2. The highest BCUT2D eigenvalue weighted by atomic mass is 32.1. The first kappa shape index (κ1) is 14.7. The van der Waals surface area contributed by atoms with Gasteiger partial charge in [-0.2, -0.15) is 0 Å². The standard InChI is InChI=1S/C14H19N3O2S/c1-10(13-9-20-11(2)16-13)15-12-4-5-14(18)17(8-12)6-7-19-3/h4-5,8-10,15H,6-7H2,1-3H3. The fourth-order valence-electron chi connectivity index (χ4n) is 1.88. The highest BCUT2D eigenvalue weighted by molar-refractivity contribution is 7.09. The molecule has 0 fully saturated rings. The second kappa shape index (κ2) is 6.67. The fraction of sp³-hybridized carbons (Fsp3) is 0.429. The van der Waals surface area contributed by atoms with E-state index in [-0.39, 0.29) is 11.6 Å². The third-order valence-electron chi connectivity index (χ3n) is 2.98. The molecule has 6 heteroatoms. The Bertz CT molecular complexity index is 621. The smallest absolute Gasteiger partial charge is 0.250 e. The Morgan fingerprint density at radius 1 is 1.50 bits per heavy atom. The first-order chi connectivity index (χ1) is 9.60. The molecule has 108 valence electrons. The number of aryl methyl sites for hydroxylation is 1. The zero-order chi connectivity index (χ0) is 14.5. The maximum atomic E-state index is 11.7. The van der Waals surface area contributed by atoms with Gasteiger partial charge in [-0.1, -0.05) is 0 Å². The molecule has 20 heavy (non-hydrogen) atoms. The van der Waals surface area contributed by atoms with E-state index in [1.807, 2.05) is 18.5 Å². The van der Waals surface area contributed by atoms with E-state index in [4.69, 9.17) is 4.74 Å². The highest BCUT2D eigenvalue weighted by Crippen LogP contribution is 2.20. The van der Waals surface area contributed by atoms with Gasteiger partial charge in [-0.05, 0) is 19.9 Å².